The Balaban J connectivity index is 1.70. The van der Waals surface area contributed by atoms with Gasteiger partial charge in [0.25, 0.3) is 5.91 Å². The van der Waals surface area contributed by atoms with Gasteiger partial charge in [0.2, 0.25) is 0 Å². The topological polar surface area (TPSA) is 56.2 Å². The molecular weight excluding hydrogens is 378 g/mol. The molecule has 0 aliphatic carbocycles. The van der Waals surface area contributed by atoms with E-state index in [1.165, 1.54) is 11.3 Å². The van der Waals surface area contributed by atoms with Crippen molar-refractivity contribution in [1.82, 2.24) is 10.2 Å². The first-order valence-electron chi connectivity index (χ1n) is 8.43. The second-order valence-corrected chi connectivity index (χ2v) is 8.02. The Labute approximate surface area is 167 Å². The number of amidine groups is 1. The lowest BCUT2D eigenvalue weighted by Gasteiger charge is -2.14. The van der Waals surface area contributed by atoms with Gasteiger partial charge >= 0.3 is 0 Å². The van der Waals surface area contributed by atoms with Gasteiger partial charge in [-0.1, -0.05) is 54.1 Å². The van der Waals surface area contributed by atoms with Crippen LogP contribution >= 0.6 is 22.9 Å². The third kappa shape index (κ3) is 4.76. The van der Waals surface area contributed by atoms with Crippen LogP contribution < -0.4 is 5.32 Å². The lowest BCUT2D eigenvalue weighted by Crippen LogP contribution is -2.21. The quantitative estimate of drug-likeness (QED) is 0.476. The maximum atomic E-state index is 12.2. The van der Waals surface area contributed by atoms with Crippen LogP contribution in [0.15, 0.2) is 60.7 Å². The maximum Gasteiger partial charge on any atom is 0.261 e. The molecule has 0 fully saturated rings. The van der Waals surface area contributed by atoms with E-state index in [9.17, 15) is 4.79 Å². The summed E-state index contributed by atoms with van der Waals surface area (Å²) in [6.45, 7) is 0.450. The van der Waals surface area contributed by atoms with E-state index >= 15 is 0 Å². The molecule has 3 aromatic rings. The van der Waals surface area contributed by atoms with Gasteiger partial charge in [0.1, 0.15) is 5.84 Å². The molecule has 2 aromatic carbocycles. The van der Waals surface area contributed by atoms with Gasteiger partial charge in [-0.2, -0.15) is 0 Å². The van der Waals surface area contributed by atoms with Crippen LogP contribution in [0.25, 0.3) is 11.1 Å². The normalized spacial score (nSPS) is 10.5. The molecule has 4 nitrogen and oxygen atoms in total. The highest BCUT2D eigenvalue weighted by atomic mass is 35.5. The number of amides is 1. The molecular formula is C21H20ClN3OS. The number of thiophene rings is 1. The van der Waals surface area contributed by atoms with Crippen LogP contribution in [-0.4, -0.2) is 30.7 Å². The molecule has 0 atom stereocenters. The van der Waals surface area contributed by atoms with Gasteiger partial charge in [-0.05, 0) is 34.9 Å². The minimum Gasteiger partial charge on any atom is -0.363 e. The van der Waals surface area contributed by atoms with Crippen molar-refractivity contribution in [3.63, 3.8) is 0 Å². The van der Waals surface area contributed by atoms with Crippen LogP contribution in [0.4, 0.5) is 0 Å². The highest BCUT2D eigenvalue weighted by molar-refractivity contribution is 7.17. The molecule has 0 unspecified atom stereocenters. The number of hydrogen-bond donors (Lipinski definition) is 2. The van der Waals surface area contributed by atoms with E-state index in [-0.39, 0.29) is 5.91 Å². The summed E-state index contributed by atoms with van der Waals surface area (Å²) < 4.78 is 0.605. The molecule has 1 aromatic heterocycles. The predicted molar refractivity (Wildman–Crippen MR) is 113 cm³/mol. The first-order chi connectivity index (χ1) is 12.9. The first-order valence-corrected chi connectivity index (χ1v) is 9.62. The molecule has 0 radical (unpaired) electrons. The summed E-state index contributed by atoms with van der Waals surface area (Å²) >= 11 is 7.15. The minimum absolute atomic E-state index is 0.121. The zero-order valence-corrected chi connectivity index (χ0v) is 16.7. The van der Waals surface area contributed by atoms with Crippen molar-refractivity contribution in [1.29, 1.82) is 5.41 Å². The second kappa shape index (κ2) is 8.37. The zero-order chi connectivity index (χ0) is 19.4. The Morgan fingerprint density at radius 1 is 1.07 bits per heavy atom. The highest BCUT2D eigenvalue weighted by Crippen LogP contribution is 2.23. The Bertz CT molecular complexity index is 964. The van der Waals surface area contributed by atoms with E-state index in [2.05, 4.69) is 11.4 Å². The zero-order valence-electron chi connectivity index (χ0n) is 15.1. The van der Waals surface area contributed by atoms with Crippen molar-refractivity contribution in [2.45, 2.75) is 6.54 Å². The van der Waals surface area contributed by atoms with Crippen molar-refractivity contribution >= 4 is 34.7 Å². The summed E-state index contributed by atoms with van der Waals surface area (Å²) in [5.41, 5.74) is 4.04. The fraction of sp³-hybridized carbons (Fsp3) is 0.143. The number of halogens is 1. The number of rotatable bonds is 5. The average Bonchev–Trinajstić information content (AvgIpc) is 3.12. The van der Waals surface area contributed by atoms with Crippen molar-refractivity contribution < 1.29 is 4.79 Å². The van der Waals surface area contributed by atoms with Crippen LogP contribution in [0.2, 0.25) is 4.34 Å². The van der Waals surface area contributed by atoms with Crippen molar-refractivity contribution in [2.75, 3.05) is 14.1 Å². The van der Waals surface area contributed by atoms with Crippen LogP contribution in [0.1, 0.15) is 20.8 Å². The highest BCUT2D eigenvalue weighted by Gasteiger charge is 2.09. The molecule has 0 saturated carbocycles. The van der Waals surface area contributed by atoms with Crippen LogP contribution in [0, 0.1) is 5.41 Å². The smallest absolute Gasteiger partial charge is 0.261 e. The van der Waals surface area contributed by atoms with Gasteiger partial charge < -0.3 is 10.2 Å². The second-order valence-electron chi connectivity index (χ2n) is 6.31. The van der Waals surface area contributed by atoms with Crippen molar-refractivity contribution in [2.24, 2.45) is 0 Å². The predicted octanol–water partition coefficient (Wildman–Crippen LogP) is 4.89. The summed E-state index contributed by atoms with van der Waals surface area (Å²) in [5.74, 6) is 0.357. The van der Waals surface area contributed by atoms with E-state index in [1.54, 1.807) is 17.0 Å². The van der Waals surface area contributed by atoms with Crippen LogP contribution in [-0.2, 0) is 6.54 Å². The standard InChI is InChI=1S/C21H20ClN3OS/c1-25(2)20(23)16-8-6-15(7-9-16)17-5-3-4-14(12-17)13-24-21(26)18-10-11-19(22)27-18/h3-12,23H,13H2,1-2H3,(H,24,26). The van der Waals surface area contributed by atoms with Gasteiger partial charge in [0.15, 0.2) is 0 Å². The summed E-state index contributed by atoms with van der Waals surface area (Å²) in [4.78, 5) is 14.5. The molecule has 1 amide bonds. The molecule has 3 rings (SSSR count). The molecule has 1 heterocycles. The number of nitrogens with zero attached hydrogens (tertiary/aromatic N) is 1. The molecule has 0 bridgehead atoms. The summed E-state index contributed by atoms with van der Waals surface area (Å²) in [5, 5.41) is 11.0. The fourth-order valence-corrected chi connectivity index (χ4v) is 3.60. The van der Waals surface area contributed by atoms with E-state index in [0.717, 1.165) is 22.3 Å². The summed E-state index contributed by atoms with van der Waals surface area (Å²) in [7, 11) is 3.72. The molecule has 27 heavy (non-hydrogen) atoms. The third-order valence-corrected chi connectivity index (χ3v) is 5.35. The number of carbonyl (C=O) groups excluding carboxylic acids is 1. The maximum absolute atomic E-state index is 12.2. The number of hydrogen-bond acceptors (Lipinski definition) is 3. The van der Waals surface area contributed by atoms with Crippen molar-refractivity contribution in [3.8, 4) is 11.1 Å². The Hall–Kier alpha value is -2.63. The minimum atomic E-state index is -0.121. The van der Waals surface area contributed by atoms with E-state index < -0.39 is 0 Å². The molecule has 6 heteroatoms. The SMILES string of the molecule is CN(C)C(=N)c1ccc(-c2cccc(CNC(=O)c3ccc(Cl)s3)c2)cc1. The third-order valence-electron chi connectivity index (χ3n) is 4.12. The molecule has 2 N–H and O–H groups in total. The number of benzene rings is 2. The summed E-state index contributed by atoms with van der Waals surface area (Å²) in [6.07, 6.45) is 0. The van der Waals surface area contributed by atoms with E-state index in [4.69, 9.17) is 17.0 Å². The van der Waals surface area contributed by atoms with Gasteiger partial charge in [-0.25, -0.2) is 0 Å². The summed E-state index contributed by atoms with van der Waals surface area (Å²) in [6, 6.07) is 19.4. The molecule has 0 saturated heterocycles. The Morgan fingerprint density at radius 3 is 2.44 bits per heavy atom. The first kappa shape index (κ1) is 19.1. The lowest BCUT2D eigenvalue weighted by molar-refractivity contribution is 0.0955. The van der Waals surface area contributed by atoms with Gasteiger partial charge in [-0.15, -0.1) is 11.3 Å². The molecule has 0 spiro atoms. The van der Waals surface area contributed by atoms with E-state index in [0.29, 0.717) is 21.6 Å². The van der Waals surface area contributed by atoms with E-state index in [1.807, 2.05) is 56.6 Å². The van der Waals surface area contributed by atoms with Gasteiger partial charge in [0.05, 0.1) is 9.21 Å². The lowest BCUT2D eigenvalue weighted by atomic mass is 10.0. The molecule has 0 aliphatic rings. The number of carbonyl (C=O) groups is 1. The fourth-order valence-electron chi connectivity index (χ4n) is 2.65. The molecule has 0 aliphatic heterocycles. The van der Waals surface area contributed by atoms with Gasteiger partial charge in [0, 0.05) is 26.2 Å². The largest absolute Gasteiger partial charge is 0.363 e. The van der Waals surface area contributed by atoms with Crippen LogP contribution in [0.5, 0.6) is 0 Å². The number of nitrogens with one attached hydrogen (secondary N) is 2. The monoisotopic (exact) mass is 397 g/mol. The van der Waals surface area contributed by atoms with Gasteiger partial charge in [-0.3, -0.25) is 10.2 Å². The molecule has 138 valence electrons. The van der Waals surface area contributed by atoms with Crippen LogP contribution in [0.3, 0.4) is 0 Å². The van der Waals surface area contributed by atoms with Crippen molar-refractivity contribution in [3.05, 3.63) is 81.0 Å². The Morgan fingerprint density at radius 2 is 1.81 bits per heavy atom. The average molecular weight is 398 g/mol. The Kier molecular flexibility index (Phi) is 5.94.